The number of hydrogen-bond acceptors (Lipinski definition) is 5. The van der Waals surface area contributed by atoms with Crippen molar-refractivity contribution in [2.24, 2.45) is 0 Å². The predicted octanol–water partition coefficient (Wildman–Crippen LogP) is 4.92. The molecular weight excluding hydrogens is 406 g/mol. The Morgan fingerprint density at radius 1 is 0.812 bits per heavy atom. The number of carbonyl (C=O) groups is 2. The number of aryl methyl sites for hydroxylation is 3. The highest BCUT2D eigenvalue weighted by Gasteiger charge is 2.40. The lowest BCUT2D eigenvalue weighted by atomic mass is 10.0. The van der Waals surface area contributed by atoms with E-state index in [-0.39, 0.29) is 17.0 Å². The molecule has 1 aliphatic heterocycles. The molecule has 0 aliphatic carbocycles. The van der Waals surface area contributed by atoms with Crippen LogP contribution < -0.4 is 10.2 Å². The average Bonchev–Trinajstić information content (AvgIpc) is 3.01. The van der Waals surface area contributed by atoms with Gasteiger partial charge >= 0.3 is 0 Å². The van der Waals surface area contributed by atoms with E-state index in [2.05, 4.69) is 5.32 Å². The van der Waals surface area contributed by atoms with Crippen molar-refractivity contribution in [1.82, 2.24) is 0 Å². The summed E-state index contributed by atoms with van der Waals surface area (Å²) in [4.78, 5) is 38.5. The van der Waals surface area contributed by atoms with Gasteiger partial charge in [0.25, 0.3) is 17.5 Å². The number of carbonyl (C=O) groups excluding carboxylic acids is 2. The number of amides is 2. The minimum Gasteiger partial charge on any atom is -0.350 e. The van der Waals surface area contributed by atoms with E-state index in [0.29, 0.717) is 16.9 Å². The Morgan fingerprint density at radius 3 is 2.06 bits per heavy atom. The minimum absolute atomic E-state index is 0.0924. The second kappa shape index (κ2) is 8.11. The maximum Gasteiger partial charge on any atom is 0.282 e. The van der Waals surface area contributed by atoms with Crippen LogP contribution in [0.15, 0.2) is 72.4 Å². The summed E-state index contributed by atoms with van der Waals surface area (Å²) < 4.78 is 0. The lowest BCUT2D eigenvalue weighted by Crippen LogP contribution is -2.32. The Balaban J connectivity index is 1.82. The molecule has 1 N–H and O–H groups in total. The average molecular weight is 427 g/mol. The van der Waals surface area contributed by atoms with Crippen LogP contribution in [-0.4, -0.2) is 16.7 Å². The van der Waals surface area contributed by atoms with Crippen LogP contribution in [0.1, 0.15) is 22.3 Å². The SMILES string of the molecule is Cc1ccc(N2C(=O)C(Nc3ccc(C)c(C)c3)=C(c3ccc([N+](=O)[O-])cc3)C2=O)cc1. The monoisotopic (exact) mass is 427 g/mol. The molecule has 7 nitrogen and oxygen atoms in total. The zero-order chi connectivity index (χ0) is 23.0. The molecule has 0 spiro atoms. The van der Waals surface area contributed by atoms with Gasteiger partial charge in [0.1, 0.15) is 5.70 Å². The Bertz CT molecular complexity index is 1280. The number of nitro groups is 1. The largest absolute Gasteiger partial charge is 0.350 e. The molecule has 0 saturated carbocycles. The molecule has 0 aromatic heterocycles. The molecule has 1 heterocycles. The van der Waals surface area contributed by atoms with Crippen LogP contribution in [0.4, 0.5) is 17.1 Å². The number of hydrogen-bond donors (Lipinski definition) is 1. The fraction of sp³-hybridized carbons (Fsp3) is 0.120. The van der Waals surface area contributed by atoms with Crippen LogP contribution in [0.25, 0.3) is 5.57 Å². The van der Waals surface area contributed by atoms with Crippen LogP contribution in [0, 0.1) is 30.9 Å². The maximum atomic E-state index is 13.4. The summed E-state index contributed by atoms with van der Waals surface area (Å²) in [5.74, 6) is -0.968. The van der Waals surface area contributed by atoms with Gasteiger partial charge in [0.05, 0.1) is 16.2 Å². The van der Waals surface area contributed by atoms with Gasteiger partial charge in [-0.15, -0.1) is 0 Å². The highest BCUT2D eigenvalue weighted by atomic mass is 16.6. The van der Waals surface area contributed by atoms with E-state index in [1.807, 2.05) is 51.1 Å². The maximum absolute atomic E-state index is 13.4. The summed E-state index contributed by atoms with van der Waals surface area (Å²) in [7, 11) is 0. The lowest BCUT2D eigenvalue weighted by Gasteiger charge is -2.16. The van der Waals surface area contributed by atoms with E-state index in [1.165, 1.54) is 24.3 Å². The zero-order valence-corrected chi connectivity index (χ0v) is 17.9. The van der Waals surface area contributed by atoms with Crippen LogP contribution >= 0.6 is 0 Å². The summed E-state index contributed by atoms with van der Waals surface area (Å²) in [6.45, 7) is 5.88. The second-order valence-corrected chi connectivity index (χ2v) is 7.76. The molecule has 0 fully saturated rings. The third-order valence-corrected chi connectivity index (χ3v) is 5.52. The van der Waals surface area contributed by atoms with Gasteiger partial charge in [-0.3, -0.25) is 19.7 Å². The highest BCUT2D eigenvalue weighted by Crippen LogP contribution is 2.34. The van der Waals surface area contributed by atoms with E-state index in [0.717, 1.165) is 21.6 Å². The minimum atomic E-state index is -0.507. The standard InChI is InChI=1S/C25H21N3O4/c1-15-4-10-20(11-5-15)27-24(29)22(18-7-12-21(13-8-18)28(31)32)23(25(27)30)26-19-9-6-16(2)17(3)14-19/h4-14,26H,1-3H3. The quantitative estimate of drug-likeness (QED) is 0.355. The zero-order valence-electron chi connectivity index (χ0n) is 17.9. The number of nitro benzene ring substituents is 1. The van der Waals surface area contributed by atoms with E-state index in [9.17, 15) is 19.7 Å². The van der Waals surface area contributed by atoms with E-state index in [4.69, 9.17) is 0 Å². The van der Waals surface area contributed by atoms with Crippen molar-refractivity contribution in [3.63, 3.8) is 0 Å². The van der Waals surface area contributed by atoms with Crippen LogP contribution in [-0.2, 0) is 9.59 Å². The first-order chi connectivity index (χ1) is 15.3. The molecule has 4 rings (SSSR count). The molecule has 3 aromatic carbocycles. The summed E-state index contributed by atoms with van der Waals surface area (Å²) >= 11 is 0. The van der Waals surface area contributed by atoms with E-state index < -0.39 is 16.7 Å². The van der Waals surface area contributed by atoms with Crippen molar-refractivity contribution in [3.05, 3.63) is 105 Å². The molecular formula is C25H21N3O4. The molecule has 160 valence electrons. The topological polar surface area (TPSA) is 92.6 Å². The highest BCUT2D eigenvalue weighted by molar-refractivity contribution is 6.46. The molecule has 0 atom stereocenters. The van der Waals surface area contributed by atoms with Gasteiger partial charge in [-0.05, 0) is 73.9 Å². The van der Waals surface area contributed by atoms with Gasteiger partial charge in [-0.2, -0.15) is 0 Å². The Hall–Kier alpha value is -4.26. The van der Waals surface area contributed by atoms with Gasteiger partial charge in [0.2, 0.25) is 0 Å². The fourth-order valence-corrected chi connectivity index (χ4v) is 3.56. The number of benzene rings is 3. The molecule has 0 bridgehead atoms. The summed E-state index contributed by atoms with van der Waals surface area (Å²) in [5, 5.41) is 14.2. The summed E-state index contributed by atoms with van der Waals surface area (Å²) in [5.41, 5.74) is 4.92. The second-order valence-electron chi connectivity index (χ2n) is 7.76. The Morgan fingerprint density at radius 2 is 1.47 bits per heavy atom. The van der Waals surface area contributed by atoms with Crippen molar-refractivity contribution in [1.29, 1.82) is 0 Å². The van der Waals surface area contributed by atoms with Crippen molar-refractivity contribution < 1.29 is 14.5 Å². The van der Waals surface area contributed by atoms with Crippen molar-refractivity contribution in [2.75, 3.05) is 10.2 Å². The fourth-order valence-electron chi connectivity index (χ4n) is 3.56. The van der Waals surface area contributed by atoms with Gasteiger partial charge in [-0.25, -0.2) is 4.90 Å². The van der Waals surface area contributed by atoms with E-state index in [1.54, 1.807) is 12.1 Å². The molecule has 2 amide bonds. The normalized spacial score (nSPS) is 13.7. The van der Waals surface area contributed by atoms with Crippen LogP contribution in [0.2, 0.25) is 0 Å². The first-order valence-corrected chi connectivity index (χ1v) is 10.0. The Kier molecular flexibility index (Phi) is 5.32. The molecule has 0 saturated heterocycles. The molecule has 1 aliphatic rings. The first-order valence-electron chi connectivity index (χ1n) is 10.0. The van der Waals surface area contributed by atoms with Gasteiger partial charge in [-0.1, -0.05) is 23.8 Å². The van der Waals surface area contributed by atoms with Gasteiger partial charge in [0, 0.05) is 17.8 Å². The predicted molar refractivity (Wildman–Crippen MR) is 123 cm³/mol. The molecule has 0 radical (unpaired) electrons. The summed E-state index contributed by atoms with van der Waals surface area (Å²) in [6.07, 6.45) is 0. The third kappa shape index (κ3) is 3.76. The van der Waals surface area contributed by atoms with Crippen molar-refractivity contribution >= 4 is 34.4 Å². The molecule has 32 heavy (non-hydrogen) atoms. The van der Waals surface area contributed by atoms with Crippen molar-refractivity contribution in [3.8, 4) is 0 Å². The number of non-ortho nitro benzene ring substituents is 1. The molecule has 7 heteroatoms. The third-order valence-electron chi connectivity index (χ3n) is 5.52. The lowest BCUT2D eigenvalue weighted by molar-refractivity contribution is -0.384. The van der Waals surface area contributed by atoms with Crippen molar-refractivity contribution in [2.45, 2.75) is 20.8 Å². The Labute approximate surface area is 185 Å². The number of nitrogens with one attached hydrogen (secondary N) is 1. The van der Waals surface area contributed by atoms with Crippen LogP contribution in [0.5, 0.6) is 0 Å². The number of rotatable bonds is 5. The molecule has 0 unspecified atom stereocenters. The number of imide groups is 1. The van der Waals surface area contributed by atoms with Gasteiger partial charge < -0.3 is 5.32 Å². The summed E-state index contributed by atoms with van der Waals surface area (Å²) in [6, 6.07) is 18.4. The molecule has 3 aromatic rings. The van der Waals surface area contributed by atoms with E-state index >= 15 is 0 Å². The van der Waals surface area contributed by atoms with Crippen LogP contribution in [0.3, 0.4) is 0 Å². The first kappa shape index (κ1) is 21.0. The smallest absolute Gasteiger partial charge is 0.282 e. The number of anilines is 2. The van der Waals surface area contributed by atoms with Gasteiger partial charge in [0.15, 0.2) is 0 Å². The number of nitrogens with zero attached hydrogens (tertiary/aromatic N) is 2.